The molecule has 0 atom stereocenters. The molecule has 6 nitrogen and oxygen atoms in total. The fourth-order valence-corrected chi connectivity index (χ4v) is 2.92. The van der Waals surface area contributed by atoms with Crippen molar-refractivity contribution in [1.29, 1.82) is 0 Å². The molecule has 130 valence electrons. The Kier molecular flexibility index (Phi) is 7.11. The van der Waals surface area contributed by atoms with Gasteiger partial charge in [-0.05, 0) is 47.9 Å². The predicted octanol–water partition coefficient (Wildman–Crippen LogP) is 2.87. The van der Waals surface area contributed by atoms with E-state index >= 15 is 0 Å². The molecule has 2 aromatic rings. The number of benzene rings is 1. The summed E-state index contributed by atoms with van der Waals surface area (Å²) >= 11 is 9.62. The van der Waals surface area contributed by atoms with E-state index in [9.17, 15) is 9.59 Å². The van der Waals surface area contributed by atoms with Gasteiger partial charge >= 0.3 is 0 Å². The Balaban J connectivity index is 1.86. The molecule has 0 radical (unpaired) electrons. The van der Waals surface area contributed by atoms with Crippen molar-refractivity contribution in [3.8, 4) is 5.75 Å². The number of ether oxygens (including phenoxy) is 1. The molecule has 1 aromatic heterocycles. The lowest BCUT2D eigenvalue weighted by molar-refractivity contribution is -0.115. The van der Waals surface area contributed by atoms with Gasteiger partial charge in [-0.25, -0.2) is 0 Å². The maximum atomic E-state index is 11.9. The van der Waals surface area contributed by atoms with Gasteiger partial charge in [0.15, 0.2) is 5.11 Å². The zero-order valence-corrected chi connectivity index (χ0v) is 16.3. The van der Waals surface area contributed by atoms with E-state index in [1.165, 1.54) is 17.4 Å². The lowest BCUT2D eigenvalue weighted by Gasteiger charge is -2.09. The number of carbonyl (C=O) groups excluding carboxylic acids is 2. The highest BCUT2D eigenvalue weighted by atomic mass is 79.9. The Bertz CT molecular complexity index is 807. The summed E-state index contributed by atoms with van der Waals surface area (Å²) in [4.78, 5) is 24.2. The van der Waals surface area contributed by atoms with Crippen LogP contribution in [-0.4, -0.2) is 24.0 Å². The van der Waals surface area contributed by atoms with Gasteiger partial charge in [0.05, 0.1) is 12.0 Å². The van der Waals surface area contributed by atoms with Crippen LogP contribution in [-0.2, 0) is 4.79 Å². The van der Waals surface area contributed by atoms with E-state index in [1.807, 2.05) is 12.1 Å². The quantitative estimate of drug-likeness (QED) is 0.387. The second-order valence-electron chi connectivity index (χ2n) is 4.59. The maximum absolute atomic E-state index is 11.9. The summed E-state index contributed by atoms with van der Waals surface area (Å²) in [6.45, 7) is 0. The van der Waals surface area contributed by atoms with Crippen LogP contribution in [0.15, 0.2) is 46.3 Å². The molecule has 9 heteroatoms. The third-order valence-electron chi connectivity index (χ3n) is 2.88. The molecule has 1 aromatic carbocycles. The number of thiophene rings is 1. The summed E-state index contributed by atoms with van der Waals surface area (Å²) in [5.41, 5.74) is 5.61. The van der Waals surface area contributed by atoms with Gasteiger partial charge in [-0.1, -0.05) is 22.0 Å². The molecule has 0 aliphatic heterocycles. The van der Waals surface area contributed by atoms with E-state index < -0.39 is 5.91 Å². The number of carbonyl (C=O) groups is 2. The summed E-state index contributed by atoms with van der Waals surface area (Å²) < 4.78 is 6.09. The monoisotopic (exact) mass is 439 g/mol. The van der Waals surface area contributed by atoms with Crippen LogP contribution in [0.25, 0.3) is 6.08 Å². The van der Waals surface area contributed by atoms with Gasteiger partial charge in [0, 0.05) is 16.1 Å². The lowest BCUT2D eigenvalue weighted by atomic mass is 10.2. The van der Waals surface area contributed by atoms with Crippen molar-refractivity contribution < 1.29 is 14.3 Å². The third-order valence-corrected chi connectivity index (χ3v) is 4.44. The van der Waals surface area contributed by atoms with Crippen LogP contribution in [0.1, 0.15) is 15.2 Å². The first-order valence-electron chi connectivity index (χ1n) is 6.96. The van der Waals surface area contributed by atoms with Gasteiger partial charge in [-0.2, -0.15) is 0 Å². The Labute approximate surface area is 162 Å². The van der Waals surface area contributed by atoms with E-state index in [0.717, 1.165) is 10.0 Å². The number of thiocarbonyl (C=S) groups is 1. The highest BCUT2D eigenvalue weighted by Crippen LogP contribution is 2.23. The van der Waals surface area contributed by atoms with Crippen molar-refractivity contribution in [2.45, 2.75) is 0 Å². The van der Waals surface area contributed by atoms with E-state index in [4.69, 9.17) is 17.0 Å². The van der Waals surface area contributed by atoms with Crippen molar-refractivity contribution in [3.63, 3.8) is 0 Å². The van der Waals surface area contributed by atoms with Crippen LogP contribution < -0.4 is 20.9 Å². The molecule has 0 unspecified atom stereocenters. The van der Waals surface area contributed by atoms with E-state index in [1.54, 1.807) is 36.8 Å². The molecule has 0 aliphatic rings. The smallest absolute Gasteiger partial charge is 0.279 e. The topological polar surface area (TPSA) is 79.5 Å². The second kappa shape index (κ2) is 9.30. The molecule has 1 heterocycles. The molecule has 0 fully saturated rings. The van der Waals surface area contributed by atoms with E-state index in [0.29, 0.717) is 10.6 Å². The van der Waals surface area contributed by atoms with Crippen LogP contribution in [0.3, 0.4) is 0 Å². The van der Waals surface area contributed by atoms with E-state index in [-0.39, 0.29) is 11.0 Å². The van der Waals surface area contributed by atoms with Gasteiger partial charge in [-0.3, -0.25) is 25.8 Å². The lowest BCUT2D eigenvalue weighted by Crippen LogP contribution is -2.48. The first-order chi connectivity index (χ1) is 12.0. The largest absolute Gasteiger partial charge is 0.496 e. The summed E-state index contributed by atoms with van der Waals surface area (Å²) in [5, 5.41) is 4.21. The van der Waals surface area contributed by atoms with Gasteiger partial charge < -0.3 is 4.74 Å². The molecule has 2 amide bonds. The molecule has 0 saturated carbocycles. The molecule has 0 bridgehead atoms. The number of rotatable bonds is 4. The van der Waals surface area contributed by atoms with Gasteiger partial charge in [0.1, 0.15) is 5.75 Å². The summed E-state index contributed by atoms with van der Waals surface area (Å²) in [5.74, 6) is -0.137. The van der Waals surface area contributed by atoms with Crippen LogP contribution in [0, 0.1) is 0 Å². The van der Waals surface area contributed by atoms with Crippen LogP contribution in [0.5, 0.6) is 5.75 Å². The van der Waals surface area contributed by atoms with Crippen molar-refractivity contribution in [1.82, 2.24) is 16.2 Å². The zero-order valence-electron chi connectivity index (χ0n) is 13.0. The molecule has 0 spiro atoms. The highest BCUT2D eigenvalue weighted by molar-refractivity contribution is 9.10. The minimum atomic E-state index is -0.440. The van der Waals surface area contributed by atoms with Gasteiger partial charge in [0.2, 0.25) is 5.91 Å². The van der Waals surface area contributed by atoms with E-state index in [2.05, 4.69) is 32.1 Å². The number of hydrogen-bond donors (Lipinski definition) is 3. The Morgan fingerprint density at radius 1 is 1.28 bits per heavy atom. The zero-order chi connectivity index (χ0) is 18.2. The van der Waals surface area contributed by atoms with Crippen LogP contribution in [0.4, 0.5) is 0 Å². The number of methoxy groups -OCH3 is 1. The van der Waals surface area contributed by atoms with Crippen LogP contribution in [0.2, 0.25) is 0 Å². The molecule has 0 aliphatic carbocycles. The Morgan fingerprint density at radius 3 is 2.76 bits per heavy atom. The molecule has 0 saturated heterocycles. The van der Waals surface area contributed by atoms with Crippen molar-refractivity contribution in [3.05, 3.63) is 56.7 Å². The average molecular weight is 440 g/mol. The SMILES string of the molecule is COc1ccc(Br)cc1/C=C/C(=O)NC(=S)NNC(=O)c1cccs1. The third kappa shape index (κ3) is 5.96. The summed E-state index contributed by atoms with van der Waals surface area (Å²) in [6.07, 6.45) is 2.92. The summed E-state index contributed by atoms with van der Waals surface area (Å²) in [6, 6.07) is 8.89. The van der Waals surface area contributed by atoms with Gasteiger partial charge in [-0.15, -0.1) is 11.3 Å². The minimum Gasteiger partial charge on any atom is -0.496 e. The van der Waals surface area contributed by atoms with Gasteiger partial charge in [0.25, 0.3) is 5.91 Å². The first-order valence-corrected chi connectivity index (χ1v) is 9.04. The highest BCUT2D eigenvalue weighted by Gasteiger charge is 2.07. The standard InChI is InChI=1S/C16H14BrN3O3S2/c1-23-12-6-5-11(17)9-10(12)4-7-14(21)18-16(24)20-19-15(22)13-3-2-8-25-13/h2-9H,1H3,(H,19,22)(H2,18,20,21,24)/b7-4+. The van der Waals surface area contributed by atoms with Crippen molar-refractivity contribution in [2.24, 2.45) is 0 Å². The molecular formula is C16H14BrN3O3S2. The molecular weight excluding hydrogens is 426 g/mol. The molecule has 3 N–H and O–H groups in total. The Morgan fingerprint density at radius 2 is 2.08 bits per heavy atom. The number of nitrogens with one attached hydrogen (secondary N) is 3. The Hall–Kier alpha value is -2.23. The average Bonchev–Trinajstić information content (AvgIpc) is 3.12. The number of halogens is 1. The molecule has 25 heavy (non-hydrogen) atoms. The molecule has 2 rings (SSSR count). The normalized spacial score (nSPS) is 10.3. The fraction of sp³-hybridized carbons (Fsp3) is 0.0625. The predicted molar refractivity (Wildman–Crippen MR) is 105 cm³/mol. The number of amides is 2. The first kappa shape index (κ1) is 19.1. The minimum absolute atomic E-state index is 0.0132. The van der Waals surface area contributed by atoms with Crippen LogP contribution >= 0.6 is 39.5 Å². The van der Waals surface area contributed by atoms with Crippen molar-refractivity contribution in [2.75, 3.05) is 7.11 Å². The summed E-state index contributed by atoms with van der Waals surface area (Å²) in [7, 11) is 1.55. The number of hydrazine groups is 1. The van der Waals surface area contributed by atoms with Crippen molar-refractivity contribution >= 4 is 62.5 Å². The second-order valence-corrected chi connectivity index (χ2v) is 6.87. The maximum Gasteiger partial charge on any atom is 0.279 e. The number of hydrogen-bond acceptors (Lipinski definition) is 5. The fourth-order valence-electron chi connectivity index (χ4n) is 1.77.